The predicted octanol–water partition coefficient (Wildman–Crippen LogP) is 0.388. The highest BCUT2D eigenvalue weighted by molar-refractivity contribution is 4.88. The summed E-state index contributed by atoms with van der Waals surface area (Å²) in [5.41, 5.74) is 0. The molecule has 0 unspecified atom stereocenters. The maximum atomic E-state index is 5.19. The highest BCUT2D eigenvalue weighted by Gasteiger charge is 2.11. The van der Waals surface area contributed by atoms with E-state index in [0.29, 0.717) is 12.6 Å². The van der Waals surface area contributed by atoms with Crippen LogP contribution in [0.3, 0.4) is 0 Å². The summed E-state index contributed by atoms with van der Waals surface area (Å²) in [6.07, 6.45) is 7.30. The molecule has 1 saturated heterocycles. The average Bonchev–Trinajstić information content (AvgIpc) is 2.03. The Morgan fingerprint density at radius 1 is 1.50 bits per heavy atom. The van der Waals surface area contributed by atoms with Gasteiger partial charge < -0.3 is 10.1 Å². The smallest absolute Gasteiger partial charge is 0.0575 e. The molecule has 0 radical (unpaired) electrons. The zero-order valence-electron chi connectivity index (χ0n) is 6.10. The van der Waals surface area contributed by atoms with Crippen LogP contribution in [-0.4, -0.2) is 25.8 Å². The lowest BCUT2D eigenvalue weighted by Gasteiger charge is -2.21. The number of terminal acetylenes is 1. The van der Waals surface area contributed by atoms with Crippen LogP contribution >= 0.6 is 0 Å². The summed E-state index contributed by atoms with van der Waals surface area (Å²) < 4.78 is 5.19. The molecule has 0 aromatic rings. The lowest BCUT2D eigenvalue weighted by atomic mass is 10.1. The van der Waals surface area contributed by atoms with Crippen molar-refractivity contribution >= 4 is 0 Å². The molecule has 56 valence electrons. The van der Waals surface area contributed by atoms with E-state index in [1.165, 1.54) is 0 Å². The molecule has 1 aliphatic rings. The second-order valence-corrected chi connectivity index (χ2v) is 2.47. The fraction of sp³-hybridized carbons (Fsp3) is 0.750. The van der Waals surface area contributed by atoms with Crippen LogP contribution in [0.15, 0.2) is 0 Å². The number of hydrogen-bond acceptors (Lipinski definition) is 2. The largest absolute Gasteiger partial charge is 0.381 e. The molecule has 0 aromatic carbocycles. The first kappa shape index (κ1) is 7.59. The molecule has 0 amide bonds. The standard InChI is InChI=1S/C8H13NO/c1-2-5-9-8-3-6-10-7-4-8/h1,8-9H,3-7H2. The summed E-state index contributed by atoms with van der Waals surface area (Å²) in [6, 6.07) is 0.588. The van der Waals surface area contributed by atoms with Crippen LogP contribution in [0.4, 0.5) is 0 Å². The van der Waals surface area contributed by atoms with Crippen LogP contribution in [0.25, 0.3) is 0 Å². The Morgan fingerprint density at radius 2 is 2.20 bits per heavy atom. The third-order valence-corrected chi connectivity index (χ3v) is 1.71. The van der Waals surface area contributed by atoms with E-state index in [-0.39, 0.29) is 0 Å². The van der Waals surface area contributed by atoms with Gasteiger partial charge in [0.2, 0.25) is 0 Å². The zero-order chi connectivity index (χ0) is 7.23. The van der Waals surface area contributed by atoms with E-state index in [2.05, 4.69) is 11.2 Å². The minimum absolute atomic E-state index is 0.588. The average molecular weight is 139 g/mol. The fourth-order valence-electron chi connectivity index (χ4n) is 1.10. The van der Waals surface area contributed by atoms with Crippen molar-refractivity contribution in [1.29, 1.82) is 0 Å². The normalized spacial score (nSPS) is 20.3. The Morgan fingerprint density at radius 3 is 2.80 bits per heavy atom. The van der Waals surface area contributed by atoms with Crippen LogP contribution < -0.4 is 5.32 Å². The van der Waals surface area contributed by atoms with Gasteiger partial charge in [0.25, 0.3) is 0 Å². The molecule has 1 aliphatic heterocycles. The van der Waals surface area contributed by atoms with E-state index in [9.17, 15) is 0 Å². The Kier molecular flexibility index (Phi) is 3.28. The second-order valence-electron chi connectivity index (χ2n) is 2.47. The van der Waals surface area contributed by atoms with Gasteiger partial charge in [0.15, 0.2) is 0 Å². The van der Waals surface area contributed by atoms with Crippen LogP contribution in [0.5, 0.6) is 0 Å². The lowest BCUT2D eigenvalue weighted by molar-refractivity contribution is 0.0791. The quantitative estimate of drug-likeness (QED) is 0.559. The van der Waals surface area contributed by atoms with E-state index < -0.39 is 0 Å². The molecule has 1 N–H and O–H groups in total. The summed E-state index contributed by atoms with van der Waals surface area (Å²) in [5.74, 6) is 2.56. The first-order chi connectivity index (χ1) is 4.93. The van der Waals surface area contributed by atoms with Gasteiger partial charge in [-0.3, -0.25) is 0 Å². The Balaban J connectivity index is 2.09. The van der Waals surface area contributed by atoms with Crippen LogP contribution in [0, 0.1) is 12.3 Å². The lowest BCUT2D eigenvalue weighted by Crippen LogP contribution is -2.34. The fourth-order valence-corrected chi connectivity index (χ4v) is 1.10. The molecule has 2 heteroatoms. The maximum Gasteiger partial charge on any atom is 0.0575 e. The molecule has 0 aliphatic carbocycles. The van der Waals surface area contributed by atoms with Gasteiger partial charge >= 0.3 is 0 Å². The Hall–Kier alpha value is -0.520. The number of nitrogens with one attached hydrogen (secondary N) is 1. The Bertz CT molecular complexity index is 122. The van der Waals surface area contributed by atoms with Crippen molar-refractivity contribution in [2.24, 2.45) is 0 Å². The summed E-state index contributed by atoms with van der Waals surface area (Å²) in [5, 5.41) is 3.26. The molecule has 10 heavy (non-hydrogen) atoms. The van der Waals surface area contributed by atoms with Crippen LogP contribution in [0.2, 0.25) is 0 Å². The van der Waals surface area contributed by atoms with Gasteiger partial charge in [0.05, 0.1) is 6.54 Å². The van der Waals surface area contributed by atoms with Crippen molar-refractivity contribution in [2.45, 2.75) is 18.9 Å². The Labute approximate surface area is 62.0 Å². The van der Waals surface area contributed by atoms with Gasteiger partial charge in [-0.15, -0.1) is 6.42 Å². The highest BCUT2D eigenvalue weighted by Crippen LogP contribution is 2.04. The summed E-state index contributed by atoms with van der Waals surface area (Å²) >= 11 is 0. The molecule has 1 rings (SSSR count). The number of rotatable bonds is 2. The molecule has 1 fully saturated rings. The summed E-state index contributed by atoms with van der Waals surface area (Å²) in [4.78, 5) is 0. The molecule has 0 spiro atoms. The van der Waals surface area contributed by atoms with Crippen molar-refractivity contribution < 1.29 is 4.74 Å². The third kappa shape index (κ3) is 2.38. The van der Waals surface area contributed by atoms with Crippen molar-refractivity contribution in [3.8, 4) is 12.3 Å². The molecular formula is C8H13NO. The SMILES string of the molecule is C#CCNC1CCOCC1. The molecular weight excluding hydrogens is 126 g/mol. The third-order valence-electron chi connectivity index (χ3n) is 1.71. The monoisotopic (exact) mass is 139 g/mol. The van der Waals surface area contributed by atoms with Gasteiger partial charge in [-0.05, 0) is 12.8 Å². The minimum atomic E-state index is 0.588. The van der Waals surface area contributed by atoms with Gasteiger partial charge in [-0.2, -0.15) is 0 Å². The molecule has 0 bridgehead atoms. The van der Waals surface area contributed by atoms with E-state index >= 15 is 0 Å². The maximum absolute atomic E-state index is 5.19. The topological polar surface area (TPSA) is 21.3 Å². The van der Waals surface area contributed by atoms with Crippen LogP contribution in [0.1, 0.15) is 12.8 Å². The van der Waals surface area contributed by atoms with Crippen molar-refractivity contribution in [3.63, 3.8) is 0 Å². The van der Waals surface area contributed by atoms with E-state index in [1.807, 2.05) is 0 Å². The molecule has 0 saturated carbocycles. The highest BCUT2D eigenvalue weighted by atomic mass is 16.5. The molecule has 1 heterocycles. The van der Waals surface area contributed by atoms with Crippen molar-refractivity contribution in [2.75, 3.05) is 19.8 Å². The van der Waals surface area contributed by atoms with E-state index in [1.54, 1.807) is 0 Å². The first-order valence-electron chi connectivity index (χ1n) is 3.68. The number of hydrogen-bond donors (Lipinski definition) is 1. The second kappa shape index (κ2) is 4.32. The van der Waals surface area contributed by atoms with Gasteiger partial charge in [0.1, 0.15) is 0 Å². The first-order valence-corrected chi connectivity index (χ1v) is 3.68. The predicted molar refractivity (Wildman–Crippen MR) is 40.7 cm³/mol. The van der Waals surface area contributed by atoms with Gasteiger partial charge in [-0.1, -0.05) is 5.92 Å². The molecule has 0 atom stereocenters. The zero-order valence-corrected chi connectivity index (χ0v) is 6.10. The van der Waals surface area contributed by atoms with Gasteiger partial charge in [0, 0.05) is 19.3 Å². The van der Waals surface area contributed by atoms with Crippen molar-refractivity contribution in [1.82, 2.24) is 5.32 Å². The molecule has 0 aromatic heterocycles. The number of ether oxygens (including phenoxy) is 1. The molecule has 2 nitrogen and oxygen atoms in total. The summed E-state index contributed by atoms with van der Waals surface area (Å²) in [7, 11) is 0. The summed E-state index contributed by atoms with van der Waals surface area (Å²) in [6.45, 7) is 2.44. The van der Waals surface area contributed by atoms with Crippen molar-refractivity contribution in [3.05, 3.63) is 0 Å². The van der Waals surface area contributed by atoms with Gasteiger partial charge in [-0.25, -0.2) is 0 Å². The van der Waals surface area contributed by atoms with Crippen LogP contribution in [-0.2, 0) is 4.74 Å². The van der Waals surface area contributed by atoms with E-state index in [4.69, 9.17) is 11.2 Å². The van der Waals surface area contributed by atoms with E-state index in [0.717, 1.165) is 26.1 Å². The minimum Gasteiger partial charge on any atom is -0.381 e.